The quantitative estimate of drug-likeness (QED) is 0.623. The molecule has 0 aromatic heterocycles. The van der Waals surface area contributed by atoms with Crippen molar-refractivity contribution < 1.29 is 19.1 Å². The van der Waals surface area contributed by atoms with E-state index in [1.165, 1.54) is 0 Å². The van der Waals surface area contributed by atoms with Gasteiger partial charge >= 0.3 is 0 Å². The van der Waals surface area contributed by atoms with Crippen molar-refractivity contribution in [2.45, 2.75) is 18.3 Å². The maximum absolute atomic E-state index is 13.3. The Morgan fingerprint density at radius 3 is 2.43 bits per heavy atom. The van der Waals surface area contributed by atoms with Crippen molar-refractivity contribution in [2.75, 3.05) is 38.8 Å². The lowest BCUT2D eigenvalue weighted by atomic mass is 9.73. The number of methoxy groups -OCH3 is 1. The van der Waals surface area contributed by atoms with Crippen LogP contribution in [0.2, 0.25) is 10.0 Å². The van der Waals surface area contributed by atoms with Gasteiger partial charge in [0, 0.05) is 37.6 Å². The van der Waals surface area contributed by atoms with Gasteiger partial charge in [0.15, 0.2) is 0 Å². The molecule has 1 fully saturated rings. The fraction of sp³-hybridized carbons (Fsp3) is 0.364. The van der Waals surface area contributed by atoms with Crippen LogP contribution in [0, 0.1) is 0 Å². The summed E-state index contributed by atoms with van der Waals surface area (Å²) in [6, 6.07) is 12.2. The lowest BCUT2D eigenvalue weighted by molar-refractivity contribution is -0.125. The third kappa shape index (κ3) is 5.13. The Hall–Kier alpha value is -2.12. The maximum atomic E-state index is 13.3. The van der Waals surface area contributed by atoms with E-state index in [4.69, 9.17) is 32.7 Å². The number of halogens is 2. The lowest BCUT2D eigenvalue weighted by Gasteiger charge is -2.36. The van der Waals surface area contributed by atoms with Crippen LogP contribution < -0.4 is 10.6 Å². The summed E-state index contributed by atoms with van der Waals surface area (Å²) in [7, 11) is 1.56. The van der Waals surface area contributed by atoms with Gasteiger partial charge in [-0.05, 0) is 48.7 Å². The number of ether oxygens (including phenoxy) is 2. The van der Waals surface area contributed by atoms with E-state index in [-0.39, 0.29) is 16.8 Å². The normalized spacial score (nSPS) is 15.4. The molecule has 1 heterocycles. The van der Waals surface area contributed by atoms with Crippen LogP contribution in [0.3, 0.4) is 0 Å². The molecule has 30 heavy (non-hydrogen) atoms. The summed E-state index contributed by atoms with van der Waals surface area (Å²) >= 11 is 12.3. The SMILES string of the molecule is COCCNC(=O)c1ccc(NC(=O)C2(c3ccc(Cl)cc3)CCOCC2)cc1Cl. The number of carbonyl (C=O) groups excluding carboxylic acids is 2. The number of amides is 2. The second-order valence-electron chi connectivity index (χ2n) is 7.10. The predicted octanol–water partition coefficient (Wildman–Crippen LogP) is 4.06. The van der Waals surface area contributed by atoms with E-state index in [0.29, 0.717) is 55.5 Å². The molecule has 6 nitrogen and oxygen atoms in total. The third-order valence-corrected chi connectivity index (χ3v) is 5.81. The Morgan fingerprint density at radius 2 is 1.80 bits per heavy atom. The van der Waals surface area contributed by atoms with Gasteiger partial charge < -0.3 is 20.1 Å². The average molecular weight is 451 g/mol. The Labute approximate surface area is 185 Å². The minimum atomic E-state index is -0.717. The van der Waals surface area contributed by atoms with Crippen LogP contribution in [0.15, 0.2) is 42.5 Å². The van der Waals surface area contributed by atoms with Crippen LogP contribution in [-0.4, -0.2) is 45.3 Å². The number of benzene rings is 2. The van der Waals surface area contributed by atoms with Gasteiger partial charge in [-0.3, -0.25) is 9.59 Å². The van der Waals surface area contributed by atoms with Gasteiger partial charge in [-0.1, -0.05) is 35.3 Å². The van der Waals surface area contributed by atoms with E-state index in [1.54, 1.807) is 37.4 Å². The lowest BCUT2D eigenvalue weighted by Crippen LogP contribution is -2.44. The smallest absolute Gasteiger partial charge is 0.252 e. The minimum Gasteiger partial charge on any atom is -0.383 e. The molecule has 0 radical (unpaired) electrons. The Morgan fingerprint density at radius 1 is 1.10 bits per heavy atom. The highest BCUT2D eigenvalue weighted by Crippen LogP contribution is 2.37. The molecular weight excluding hydrogens is 427 g/mol. The number of hydrogen-bond acceptors (Lipinski definition) is 4. The highest BCUT2D eigenvalue weighted by Gasteiger charge is 2.41. The van der Waals surface area contributed by atoms with Gasteiger partial charge in [0.05, 0.1) is 22.6 Å². The summed E-state index contributed by atoms with van der Waals surface area (Å²) < 4.78 is 10.4. The first-order valence-electron chi connectivity index (χ1n) is 9.68. The van der Waals surface area contributed by atoms with Crippen LogP contribution >= 0.6 is 23.2 Å². The molecule has 2 aromatic rings. The fourth-order valence-electron chi connectivity index (χ4n) is 3.53. The van der Waals surface area contributed by atoms with Crippen molar-refractivity contribution in [3.05, 3.63) is 63.6 Å². The maximum Gasteiger partial charge on any atom is 0.252 e. The summed E-state index contributed by atoms with van der Waals surface area (Å²) in [6.45, 7) is 1.79. The predicted molar refractivity (Wildman–Crippen MR) is 117 cm³/mol. The topological polar surface area (TPSA) is 76.7 Å². The molecule has 1 aliphatic heterocycles. The molecule has 1 saturated heterocycles. The van der Waals surface area contributed by atoms with Crippen LogP contribution in [-0.2, 0) is 19.7 Å². The highest BCUT2D eigenvalue weighted by molar-refractivity contribution is 6.34. The third-order valence-electron chi connectivity index (χ3n) is 5.24. The van der Waals surface area contributed by atoms with Crippen molar-refractivity contribution in [1.82, 2.24) is 5.32 Å². The molecule has 2 amide bonds. The largest absolute Gasteiger partial charge is 0.383 e. The first-order valence-corrected chi connectivity index (χ1v) is 10.4. The highest BCUT2D eigenvalue weighted by atomic mass is 35.5. The van der Waals surface area contributed by atoms with Crippen molar-refractivity contribution in [3.63, 3.8) is 0 Å². The Kier molecular flexibility index (Phi) is 7.72. The molecule has 3 rings (SSSR count). The minimum absolute atomic E-state index is 0.138. The summed E-state index contributed by atoms with van der Waals surface area (Å²) in [5.41, 5.74) is 1.04. The summed E-state index contributed by atoms with van der Waals surface area (Å²) in [4.78, 5) is 25.6. The second kappa shape index (κ2) is 10.3. The van der Waals surface area contributed by atoms with Crippen LogP contribution in [0.4, 0.5) is 5.69 Å². The molecule has 2 N–H and O–H groups in total. The summed E-state index contributed by atoms with van der Waals surface area (Å²) in [5, 5.41) is 6.56. The Balaban J connectivity index is 1.78. The average Bonchev–Trinajstić information content (AvgIpc) is 2.75. The molecular formula is C22H24Cl2N2O4. The summed E-state index contributed by atoms with van der Waals surface area (Å²) in [6.07, 6.45) is 1.13. The van der Waals surface area contributed by atoms with Crippen LogP contribution in [0.25, 0.3) is 0 Å². The zero-order valence-electron chi connectivity index (χ0n) is 16.7. The van der Waals surface area contributed by atoms with Crippen molar-refractivity contribution >= 4 is 40.7 Å². The standard InChI is InChI=1S/C22H24Cl2N2O4/c1-29-13-10-25-20(27)18-7-6-17(14-19(18)24)26-21(28)22(8-11-30-12-9-22)15-2-4-16(23)5-3-15/h2-7,14H,8-13H2,1H3,(H,25,27)(H,26,28). The van der Waals surface area contributed by atoms with E-state index in [2.05, 4.69) is 10.6 Å². The zero-order chi connectivity index (χ0) is 21.6. The fourth-order valence-corrected chi connectivity index (χ4v) is 3.92. The molecule has 0 atom stereocenters. The molecule has 160 valence electrons. The monoisotopic (exact) mass is 450 g/mol. The molecule has 8 heteroatoms. The number of nitrogens with one attached hydrogen (secondary N) is 2. The van der Waals surface area contributed by atoms with Crippen LogP contribution in [0.5, 0.6) is 0 Å². The molecule has 2 aromatic carbocycles. The molecule has 0 aliphatic carbocycles. The van der Waals surface area contributed by atoms with Crippen LogP contribution in [0.1, 0.15) is 28.8 Å². The summed E-state index contributed by atoms with van der Waals surface area (Å²) in [5.74, 6) is -0.432. The van der Waals surface area contributed by atoms with Crippen molar-refractivity contribution in [2.24, 2.45) is 0 Å². The second-order valence-corrected chi connectivity index (χ2v) is 7.94. The van der Waals surface area contributed by atoms with Gasteiger partial charge in [-0.2, -0.15) is 0 Å². The number of anilines is 1. The van der Waals surface area contributed by atoms with E-state index < -0.39 is 5.41 Å². The number of rotatable bonds is 7. The first kappa shape index (κ1) is 22.6. The molecule has 0 spiro atoms. The van der Waals surface area contributed by atoms with Gasteiger partial charge in [0.1, 0.15) is 0 Å². The molecule has 0 saturated carbocycles. The first-order chi connectivity index (χ1) is 14.5. The van der Waals surface area contributed by atoms with Gasteiger partial charge in [0.2, 0.25) is 5.91 Å². The molecule has 0 unspecified atom stereocenters. The molecule has 1 aliphatic rings. The number of carbonyl (C=O) groups is 2. The van der Waals surface area contributed by atoms with Crippen molar-refractivity contribution in [1.29, 1.82) is 0 Å². The zero-order valence-corrected chi connectivity index (χ0v) is 18.2. The Bertz CT molecular complexity index is 897. The van der Waals surface area contributed by atoms with Crippen molar-refractivity contribution in [3.8, 4) is 0 Å². The molecule has 0 bridgehead atoms. The van der Waals surface area contributed by atoms with Gasteiger partial charge in [-0.15, -0.1) is 0 Å². The van der Waals surface area contributed by atoms with E-state index >= 15 is 0 Å². The number of hydrogen-bond donors (Lipinski definition) is 2. The van der Waals surface area contributed by atoms with Gasteiger partial charge in [0.25, 0.3) is 5.91 Å². The van der Waals surface area contributed by atoms with E-state index in [9.17, 15) is 9.59 Å². The van der Waals surface area contributed by atoms with Gasteiger partial charge in [-0.25, -0.2) is 0 Å². The van der Waals surface area contributed by atoms with E-state index in [0.717, 1.165) is 5.56 Å². The van der Waals surface area contributed by atoms with E-state index in [1.807, 2.05) is 12.1 Å².